The first-order chi connectivity index (χ1) is 8.88. The molecule has 0 aliphatic carbocycles. The van der Waals surface area contributed by atoms with Crippen LogP contribution in [0.25, 0.3) is 0 Å². The normalized spacial score (nSPS) is 11.7. The molecule has 0 atom stereocenters. The molecular formula is C10H10Cl2N4O2S. The van der Waals surface area contributed by atoms with Crippen molar-refractivity contribution < 1.29 is 8.42 Å². The summed E-state index contributed by atoms with van der Waals surface area (Å²) in [5.41, 5.74) is 0.610. The molecule has 0 radical (unpaired) electrons. The van der Waals surface area contributed by atoms with Gasteiger partial charge in [-0.1, -0.05) is 23.2 Å². The topological polar surface area (TPSA) is 76.9 Å². The van der Waals surface area contributed by atoms with Crippen molar-refractivity contribution in [3.05, 3.63) is 40.4 Å². The SMILES string of the molecule is Cn1ccc(CNS(=O)(=O)c2cnc(Cl)c(Cl)c2)n1. The molecule has 0 saturated carbocycles. The summed E-state index contributed by atoms with van der Waals surface area (Å²) in [6, 6.07) is 2.97. The minimum Gasteiger partial charge on any atom is -0.276 e. The van der Waals surface area contributed by atoms with Gasteiger partial charge in [-0.3, -0.25) is 4.68 Å². The van der Waals surface area contributed by atoms with Gasteiger partial charge in [-0.25, -0.2) is 18.1 Å². The first kappa shape index (κ1) is 14.3. The molecule has 1 N–H and O–H groups in total. The van der Waals surface area contributed by atoms with Gasteiger partial charge in [0.15, 0.2) is 0 Å². The summed E-state index contributed by atoms with van der Waals surface area (Å²) in [7, 11) is -1.94. The van der Waals surface area contributed by atoms with Crippen LogP contribution < -0.4 is 4.72 Å². The van der Waals surface area contributed by atoms with Crippen LogP contribution in [0.15, 0.2) is 29.4 Å². The van der Waals surface area contributed by atoms with Crippen molar-refractivity contribution in [3.8, 4) is 0 Å². The Bertz CT molecular complexity index is 699. The minimum absolute atomic E-state index is 0.0437. The molecule has 0 unspecified atom stereocenters. The molecule has 0 fully saturated rings. The van der Waals surface area contributed by atoms with Crippen LogP contribution >= 0.6 is 23.2 Å². The quantitative estimate of drug-likeness (QED) is 0.868. The fraction of sp³-hybridized carbons (Fsp3) is 0.200. The molecule has 102 valence electrons. The van der Waals surface area contributed by atoms with Gasteiger partial charge in [0.1, 0.15) is 10.0 Å². The van der Waals surface area contributed by atoms with E-state index in [4.69, 9.17) is 23.2 Å². The van der Waals surface area contributed by atoms with Crippen LogP contribution in [-0.2, 0) is 23.6 Å². The van der Waals surface area contributed by atoms with Crippen molar-refractivity contribution >= 4 is 33.2 Å². The number of sulfonamides is 1. The maximum Gasteiger partial charge on any atom is 0.242 e. The number of nitrogens with zero attached hydrogens (tertiary/aromatic N) is 3. The monoisotopic (exact) mass is 320 g/mol. The molecular weight excluding hydrogens is 311 g/mol. The van der Waals surface area contributed by atoms with Crippen LogP contribution in [0, 0.1) is 0 Å². The average Bonchev–Trinajstić information content (AvgIpc) is 2.76. The van der Waals surface area contributed by atoms with Gasteiger partial charge in [0.2, 0.25) is 10.0 Å². The van der Waals surface area contributed by atoms with Crippen LogP contribution in [-0.4, -0.2) is 23.2 Å². The molecule has 9 heteroatoms. The van der Waals surface area contributed by atoms with Crippen molar-refractivity contribution in [1.29, 1.82) is 0 Å². The Labute approximate surface area is 120 Å². The van der Waals surface area contributed by atoms with E-state index in [-0.39, 0.29) is 21.6 Å². The van der Waals surface area contributed by atoms with E-state index in [0.717, 1.165) is 6.20 Å². The zero-order valence-corrected chi connectivity index (χ0v) is 12.2. The van der Waals surface area contributed by atoms with Crippen molar-refractivity contribution in [1.82, 2.24) is 19.5 Å². The van der Waals surface area contributed by atoms with E-state index in [1.165, 1.54) is 6.07 Å². The molecule has 2 aromatic rings. The largest absolute Gasteiger partial charge is 0.276 e. The standard InChI is InChI=1S/C10H10Cl2N4O2S/c1-16-3-2-7(15-16)5-14-19(17,18)8-4-9(11)10(12)13-6-8/h2-4,6,14H,5H2,1H3. The van der Waals surface area contributed by atoms with Gasteiger partial charge in [0.25, 0.3) is 0 Å². The van der Waals surface area contributed by atoms with Gasteiger partial charge in [-0.15, -0.1) is 0 Å². The van der Waals surface area contributed by atoms with Crippen molar-refractivity contribution in [2.24, 2.45) is 7.05 Å². The smallest absolute Gasteiger partial charge is 0.242 e. The maximum absolute atomic E-state index is 12.0. The number of hydrogen-bond acceptors (Lipinski definition) is 4. The summed E-state index contributed by atoms with van der Waals surface area (Å²) in [6.45, 7) is 0.0867. The molecule has 0 spiro atoms. The number of halogens is 2. The summed E-state index contributed by atoms with van der Waals surface area (Å²) < 4.78 is 28.0. The number of rotatable bonds is 4. The summed E-state index contributed by atoms with van der Waals surface area (Å²) in [5, 5.41) is 4.21. The molecule has 0 saturated heterocycles. The van der Waals surface area contributed by atoms with Gasteiger partial charge in [0, 0.05) is 19.4 Å². The number of aromatic nitrogens is 3. The van der Waals surface area contributed by atoms with Gasteiger partial charge >= 0.3 is 0 Å². The van der Waals surface area contributed by atoms with Crippen molar-refractivity contribution in [2.75, 3.05) is 0 Å². The summed E-state index contributed by atoms with van der Waals surface area (Å²) in [5.74, 6) is 0. The lowest BCUT2D eigenvalue weighted by atomic mass is 10.4. The zero-order valence-electron chi connectivity index (χ0n) is 9.84. The van der Waals surface area contributed by atoms with Crippen LogP contribution in [0.4, 0.5) is 0 Å². The maximum atomic E-state index is 12.0. The molecule has 2 rings (SSSR count). The number of nitrogens with one attached hydrogen (secondary N) is 1. The van der Waals surface area contributed by atoms with E-state index in [1.54, 1.807) is 24.0 Å². The van der Waals surface area contributed by atoms with E-state index in [0.29, 0.717) is 5.69 Å². The van der Waals surface area contributed by atoms with Crippen molar-refractivity contribution in [2.45, 2.75) is 11.4 Å². The van der Waals surface area contributed by atoms with Crippen LogP contribution in [0.3, 0.4) is 0 Å². The highest BCUT2D eigenvalue weighted by Gasteiger charge is 2.16. The van der Waals surface area contributed by atoms with Crippen LogP contribution in [0.2, 0.25) is 10.2 Å². The van der Waals surface area contributed by atoms with E-state index >= 15 is 0 Å². The molecule has 2 aromatic heterocycles. The Morgan fingerprint density at radius 1 is 1.42 bits per heavy atom. The van der Waals surface area contributed by atoms with Gasteiger partial charge in [0.05, 0.1) is 17.3 Å². The summed E-state index contributed by atoms with van der Waals surface area (Å²) >= 11 is 11.4. The summed E-state index contributed by atoms with van der Waals surface area (Å²) in [6.07, 6.45) is 2.87. The second-order valence-corrected chi connectivity index (χ2v) is 6.28. The third kappa shape index (κ3) is 3.44. The Kier molecular flexibility index (Phi) is 4.10. The lowest BCUT2D eigenvalue weighted by Crippen LogP contribution is -2.23. The Balaban J connectivity index is 2.16. The Morgan fingerprint density at radius 2 is 2.16 bits per heavy atom. The summed E-state index contributed by atoms with van der Waals surface area (Å²) in [4.78, 5) is 3.65. The number of hydrogen-bond donors (Lipinski definition) is 1. The lowest BCUT2D eigenvalue weighted by Gasteiger charge is -2.05. The Hall–Kier alpha value is -1.15. The van der Waals surface area contributed by atoms with Crippen LogP contribution in [0.5, 0.6) is 0 Å². The van der Waals surface area contributed by atoms with E-state index in [1.807, 2.05) is 0 Å². The lowest BCUT2D eigenvalue weighted by molar-refractivity contribution is 0.579. The first-order valence-electron chi connectivity index (χ1n) is 5.18. The average molecular weight is 321 g/mol. The molecule has 0 aliphatic heterocycles. The predicted octanol–water partition coefficient (Wildman–Crippen LogP) is 1.60. The van der Waals surface area contributed by atoms with Crippen LogP contribution in [0.1, 0.15) is 5.69 Å². The van der Waals surface area contributed by atoms with Gasteiger partial charge in [-0.2, -0.15) is 5.10 Å². The fourth-order valence-corrected chi connectivity index (χ4v) is 2.66. The van der Waals surface area contributed by atoms with Gasteiger partial charge < -0.3 is 0 Å². The number of aryl methyl sites for hydroxylation is 1. The molecule has 2 heterocycles. The second-order valence-electron chi connectivity index (χ2n) is 3.75. The third-order valence-electron chi connectivity index (χ3n) is 2.29. The molecule has 0 amide bonds. The second kappa shape index (κ2) is 5.46. The molecule has 0 aliphatic rings. The molecule has 0 aromatic carbocycles. The van der Waals surface area contributed by atoms with E-state index in [2.05, 4.69) is 14.8 Å². The van der Waals surface area contributed by atoms with E-state index in [9.17, 15) is 8.42 Å². The first-order valence-corrected chi connectivity index (χ1v) is 7.41. The third-order valence-corrected chi connectivity index (χ3v) is 4.35. The highest BCUT2D eigenvalue weighted by molar-refractivity contribution is 7.89. The zero-order chi connectivity index (χ0) is 14.0. The molecule has 19 heavy (non-hydrogen) atoms. The molecule has 0 bridgehead atoms. The molecule has 6 nitrogen and oxygen atoms in total. The minimum atomic E-state index is -3.69. The predicted molar refractivity (Wildman–Crippen MR) is 71.5 cm³/mol. The fourth-order valence-electron chi connectivity index (χ4n) is 1.36. The van der Waals surface area contributed by atoms with E-state index < -0.39 is 10.0 Å². The highest BCUT2D eigenvalue weighted by Crippen LogP contribution is 2.22. The number of pyridine rings is 1. The Morgan fingerprint density at radius 3 is 2.74 bits per heavy atom. The highest BCUT2D eigenvalue weighted by atomic mass is 35.5. The van der Waals surface area contributed by atoms with Crippen molar-refractivity contribution in [3.63, 3.8) is 0 Å². The van der Waals surface area contributed by atoms with Gasteiger partial charge in [-0.05, 0) is 12.1 Å².